The minimum absolute atomic E-state index is 0.306. The Bertz CT molecular complexity index is 2500. The SMILES string of the molecule is CC1(C)c2ccccc2-c2ccc3c4ccccc4n(-c4nc(-c5c(F)c(F)c(F)c(F)c5F)nc(-c5c(F)c(F)c(F)c(F)c5F)n4)c3c21. The number of benzene rings is 5. The molecule has 14 heteroatoms. The van der Waals surface area contributed by atoms with Gasteiger partial charge in [-0.25, -0.2) is 48.9 Å². The van der Waals surface area contributed by atoms with E-state index in [2.05, 4.69) is 15.0 Å². The summed E-state index contributed by atoms with van der Waals surface area (Å²) >= 11 is 0. The fraction of sp³-hybridized carbons (Fsp3) is 0.0833. The van der Waals surface area contributed by atoms with E-state index in [0.29, 0.717) is 27.4 Å². The number of halogens is 10. The smallest absolute Gasteiger partial charge is 0.238 e. The molecule has 0 saturated carbocycles. The van der Waals surface area contributed by atoms with Gasteiger partial charge in [0.15, 0.2) is 58.2 Å². The second-order valence-electron chi connectivity index (χ2n) is 12.1. The Hall–Kier alpha value is -5.79. The molecular weight excluding hydrogens is 678 g/mol. The Labute approximate surface area is 274 Å². The molecule has 1 aliphatic rings. The highest BCUT2D eigenvalue weighted by atomic mass is 19.2. The number of aromatic nitrogens is 4. The van der Waals surface area contributed by atoms with E-state index in [1.54, 1.807) is 30.3 Å². The van der Waals surface area contributed by atoms with Crippen LogP contribution in [0.3, 0.4) is 0 Å². The molecule has 0 bridgehead atoms. The summed E-state index contributed by atoms with van der Waals surface area (Å²) in [4.78, 5) is 11.6. The van der Waals surface area contributed by atoms with E-state index in [9.17, 15) is 26.3 Å². The Balaban J connectivity index is 1.56. The maximum Gasteiger partial charge on any atom is 0.238 e. The van der Waals surface area contributed by atoms with Gasteiger partial charge in [0.25, 0.3) is 0 Å². The zero-order chi connectivity index (χ0) is 35.5. The fourth-order valence-electron chi connectivity index (χ4n) is 6.81. The second kappa shape index (κ2) is 10.6. The van der Waals surface area contributed by atoms with Gasteiger partial charge < -0.3 is 0 Å². The highest BCUT2D eigenvalue weighted by molar-refractivity contribution is 6.12. The number of hydrogen-bond donors (Lipinski definition) is 0. The topological polar surface area (TPSA) is 43.6 Å². The molecule has 2 heterocycles. The third-order valence-corrected chi connectivity index (χ3v) is 9.04. The van der Waals surface area contributed by atoms with Crippen LogP contribution >= 0.6 is 0 Å². The molecule has 0 amide bonds. The van der Waals surface area contributed by atoms with E-state index < -0.39 is 92.3 Å². The van der Waals surface area contributed by atoms with Gasteiger partial charge in [0.2, 0.25) is 17.6 Å². The zero-order valence-electron chi connectivity index (χ0n) is 25.3. The Morgan fingerprint density at radius 3 is 1.52 bits per heavy atom. The second-order valence-corrected chi connectivity index (χ2v) is 12.1. The highest BCUT2D eigenvalue weighted by Crippen LogP contribution is 2.52. The van der Waals surface area contributed by atoms with Crippen LogP contribution in [0.25, 0.3) is 61.7 Å². The quantitative estimate of drug-likeness (QED) is 0.105. The third kappa shape index (κ3) is 4.04. The lowest BCUT2D eigenvalue weighted by Gasteiger charge is -2.23. The van der Waals surface area contributed by atoms with E-state index >= 15 is 17.6 Å². The van der Waals surface area contributed by atoms with Crippen molar-refractivity contribution in [3.05, 3.63) is 130 Å². The molecule has 0 unspecified atom stereocenters. The zero-order valence-corrected chi connectivity index (χ0v) is 25.3. The summed E-state index contributed by atoms with van der Waals surface area (Å²) < 4.78 is 148. The molecule has 2 aromatic heterocycles. The summed E-state index contributed by atoms with van der Waals surface area (Å²) in [6.45, 7) is 3.85. The summed E-state index contributed by atoms with van der Waals surface area (Å²) in [5.41, 5.74) is -0.282. The molecule has 0 N–H and O–H groups in total. The van der Waals surface area contributed by atoms with Crippen LogP contribution in [0.2, 0.25) is 0 Å². The Kier molecular flexibility index (Phi) is 6.67. The molecule has 7 aromatic rings. The van der Waals surface area contributed by atoms with E-state index in [0.717, 1.165) is 16.7 Å². The van der Waals surface area contributed by atoms with Crippen LogP contribution < -0.4 is 0 Å². The van der Waals surface area contributed by atoms with Crippen LogP contribution in [0.4, 0.5) is 43.9 Å². The van der Waals surface area contributed by atoms with Crippen molar-refractivity contribution in [3.8, 4) is 39.9 Å². The first kappa shape index (κ1) is 31.5. The molecular formula is C36H16F10N4. The van der Waals surface area contributed by atoms with Crippen molar-refractivity contribution in [2.45, 2.75) is 19.3 Å². The minimum atomic E-state index is -2.52. The van der Waals surface area contributed by atoms with E-state index in [1.165, 1.54) is 4.57 Å². The normalized spacial score (nSPS) is 13.4. The van der Waals surface area contributed by atoms with Crippen LogP contribution in [0.15, 0.2) is 60.7 Å². The van der Waals surface area contributed by atoms with Crippen molar-refractivity contribution in [1.29, 1.82) is 0 Å². The molecule has 0 atom stereocenters. The molecule has 0 spiro atoms. The number of rotatable bonds is 3. The summed E-state index contributed by atoms with van der Waals surface area (Å²) in [7, 11) is 0. The summed E-state index contributed by atoms with van der Waals surface area (Å²) in [6, 6.07) is 17.8. The molecule has 0 saturated heterocycles. The van der Waals surface area contributed by atoms with Crippen LogP contribution in [-0.2, 0) is 5.41 Å². The van der Waals surface area contributed by atoms with Gasteiger partial charge in [0, 0.05) is 16.2 Å². The van der Waals surface area contributed by atoms with Gasteiger partial charge >= 0.3 is 0 Å². The van der Waals surface area contributed by atoms with Crippen molar-refractivity contribution in [2.24, 2.45) is 0 Å². The summed E-state index contributed by atoms with van der Waals surface area (Å²) in [6.07, 6.45) is 0. The lowest BCUT2D eigenvalue weighted by Crippen LogP contribution is -2.17. The van der Waals surface area contributed by atoms with Crippen molar-refractivity contribution < 1.29 is 43.9 Å². The number of para-hydroxylation sites is 1. The van der Waals surface area contributed by atoms with E-state index in [4.69, 9.17) is 0 Å². The molecule has 0 aliphatic heterocycles. The van der Waals surface area contributed by atoms with Gasteiger partial charge in [-0.3, -0.25) is 4.57 Å². The predicted octanol–water partition coefficient (Wildman–Crippen LogP) is 10.00. The lowest BCUT2D eigenvalue weighted by atomic mass is 9.81. The lowest BCUT2D eigenvalue weighted by molar-refractivity contribution is 0.380. The van der Waals surface area contributed by atoms with Gasteiger partial charge in [0.1, 0.15) is 0 Å². The first-order valence-corrected chi connectivity index (χ1v) is 14.7. The van der Waals surface area contributed by atoms with Gasteiger partial charge in [-0.05, 0) is 28.3 Å². The maximum atomic E-state index is 15.2. The largest absolute Gasteiger partial charge is 0.277 e. The molecule has 250 valence electrons. The number of nitrogens with zero attached hydrogens (tertiary/aromatic N) is 4. The van der Waals surface area contributed by atoms with Gasteiger partial charge in [-0.2, -0.15) is 9.97 Å². The Morgan fingerprint density at radius 2 is 0.960 bits per heavy atom. The monoisotopic (exact) mass is 694 g/mol. The van der Waals surface area contributed by atoms with Crippen LogP contribution in [0, 0.1) is 58.2 Å². The predicted molar refractivity (Wildman–Crippen MR) is 162 cm³/mol. The average Bonchev–Trinajstić information content (AvgIpc) is 3.57. The molecule has 5 aromatic carbocycles. The standard InChI is InChI=1S/C36H16F10N4/c1-36(2)17-9-5-3-7-13(17)15-11-12-16-14-8-4-6-10-18(14)50(32(16)21(15)36)35-48-33(19-22(37)26(41)30(45)27(42)23(19)38)47-34(49-35)20-24(39)28(43)31(46)29(44)25(20)40/h3-12H,1-2H3. The molecule has 8 rings (SSSR count). The van der Waals surface area contributed by atoms with Crippen molar-refractivity contribution in [1.82, 2.24) is 19.5 Å². The summed E-state index contributed by atoms with van der Waals surface area (Å²) in [5.74, 6) is -27.7. The van der Waals surface area contributed by atoms with Crippen LogP contribution in [-0.4, -0.2) is 19.5 Å². The fourth-order valence-corrected chi connectivity index (χ4v) is 6.81. The first-order valence-electron chi connectivity index (χ1n) is 14.7. The molecule has 0 radical (unpaired) electrons. The Morgan fingerprint density at radius 1 is 0.480 bits per heavy atom. The third-order valence-electron chi connectivity index (χ3n) is 9.04. The van der Waals surface area contributed by atoms with Crippen molar-refractivity contribution in [3.63, 3.8) is 0 Å². The van der Waals surface area contributed by atoms with Crippen LogP contribution in [0.1, 0.15) is 25.0 Å². The molecule has 0 fully saturated rings. The average molecular weight is 695 g/mol. The van der Waals surface area contributed by atoms with E-state index in [1.807, 2.05) is 44.2 Å². The summed E-state index contributed by atoms with van der Waals surface area (Å²) in [5, 5.41) is 1.14. The van der Waals surface area contributed by atoms with Gasteiger partial charge in [-0.15, -0.1) is 0 Å². The highest BCUT2D eigenvalue weighted by Gasteiger charge is 2.39. The van der Waals surface area contributed by atoms with Crippen LogP contribution in [0.5, 0.6) is 0 Å². The molecule has 4 nitrogen and oxygen atoms in total. The van der Waals surface area contributed by atoms with Gasteiger partial charge in [0.05, 0.1) is 22.2 Å². The molecule has 1 aliphatic carbocycles. The first-order chi connectivity index (χ1) is 23.7. The molecule has 50 heavy (non-hydrogen) atoms. The van der Waals surface area contributed by atoms with Crippen molar-refractivity contribution in [2.75, 3.05) is 0 Å². The minimum Gasteiger partial charge on any atom is -0.277 e. The maximum absolute atomic E-state index is 15.2. The number of hydrogen-bond acceptors (Lipinski definition) is 3. The van der Waals surface area contributed by atoms with E-state index in [-0.39, 0.29) is 0 Å². The van der Waals surface area contributed by atoms with Gasteiger partial charge in [-0.1, -0.05) is 68.4 Å². The number of fused-ring (bicyclic) bond motifs is 7. The van der Waals surface area contributed by atoms with Crippen molar-refractivity contribution >= 4 is 21.8 Å².